The van der Waals surface area contributed by atoms with E-state index in [9.17, 15) is 8.42 Å². The number of allylic oxidation sites excluding steroid dienone is 6. The molecule has 0 spiro atoms. The number of benzene rings is 1. The van der Waals surface area contributed by atoms with Gasteiger partial charge in [0.15, 0.2) is 0 Å². The topological polar surface area (TPSA) is 105 Å². The quantitative estimate of drug-likeness (QED) is 0.661. The van der Waals surface area contributed by atoms with Crippen LogP contribution in [0.5, 0.6) is 0 Å². The third-order valence-corrected chi connectivity index (χ3v) is 4.17. The monoisotopic (exact) mass is 327 g/mol. The van der Waals surface area contributed by atoms with Crippen molar-refractivity contribution in [1.82, 2.24) is 0 Å². The number of nitriles is 2. The first-order valence-electron chi connectivity index (χ1n) is 6.56. The average Bonchev–Trinajstić information content (AvgIpc) is 2.47. The van der Waals surface area contributed by atoms with Crippen LogP contribution in [0, 0.1) is 22.7 Å². The first-order valence-corrected chi connectivity index (χ1v) is 8.00. The molecular weight excluding hydrogens is 314 g/mol. The molecule has 0 unspecified atom stereocenters. The van der Waals surface area contributed by atoms with E-state index in [1.54, 1.807) is 37.0 Å². The summed E-state index contributed by atoms with van der Waals surface area (Å²) in [6.07, 6.45) is 3.35. The van der Waals surface area contributed by atoms with E-state index in [0.717, 1.165) is 11.4 Å². The lowest BCUT2D eigenvalue weighted by Gasteiger charge is -2.30. The van der Waals surface area contributed by atoms with Crippen molar-refractivity contribution < 1.29 is 13.0 Å². The Kier molecular flexibility index (Phi) is 4.37. The summed E-state index contributed by atoms with van der Waals surface area (Å²) in [6.45, 7) is 3.56. The number of rotatable bonds is 2. The molecule has 0 amide bonds. The zero-order valence-corrected chi connectivity index (χ0v) is 13.3. The predicted octanol–water partition coefficient (Wildman–Crippen LogP) is 2.90. The first kappa shape index (κ1) is 16.5. The van der Waals surface area contributed by atoms with Gasteiger partial charge in [-0.15, -0.1) is 0 Å². The normalized spacial score (nSPS) is 14.5. The highest BCUT2D eigenvalue weighted by Crippen LogP contribution is 2.31. The van der Waals surface area contributed by atoms with Crippen LogP contribution in [0.15, 0.2) is 63.9 Å². The Hall–Kier alpha value is -2.87. The molecule has 0 fully saturated rings. The molecule has 1 aromatic carbocycles. The van der Waals surface area contributed by atoms with Crippen molar-refractivity contribution in [3.8, 4) is 12.1 Å². The van der Waals surface area contributed by atoms with E-state index in [-0.39, 0.29) is 10.5 Å². The molecule has 6 nitrogen and oxygen atoms in total. The molecule has 1 aliphatic rings. The lowest BCUT2D eigenvalue weighted by molar-refractivity contribution is 0.483. The molecule has 7 heteroatoms. The summed E-state index contributed by atoms with van der Waals surface area (Å²) in [6, 6.07) is 9.58. The molecule has 2 rings (SSSR count). The molecule has 0 atom stereocenters. The maximum atomic E-state index is 11.3. The maximum Gasteiger partial charge on any atom is 0.294 e. The van der Waals surface area contributed by atoms with Crippen LogP contribution in [0.25, 0.3) is 0 Å². The fourth-order valence-corrected chi connectivity index (χ4v) is 2.91. The Morgan fingerprint density at radius 1 is 1.13 bits per heavy atom. The summed E-state index contributed by atoms with van der Waals surface area (Å²) >= 11 is 0. The summed E-state index contributed by atoms with van der Waals surface area (Å²) in [4.78, 5) is 1.57. The third kappa shape index (κ3) is 3.32. The Bertz CT molecular complexity index is 904. The Morgan fingerprint density at radius 2 is 1.70 bits per heavy atom. The predicted molar refractivity (Wildman–Crippen MR) is 84.5 cm³/mol. The fraction of sp³-hybridized carbons (Fsp3) is 0.125. The zero-order chi connectivity index (χ0) is 17.2. The van der Waals surface area contributed by atoms with Gasteiger partial charge in [0.05, 0.1) is 4.90 Å². The minimum atomic E-state index is -4.29. The van der Waals surface area contributed by atoms with Crippen LogP contribution >= 0.6 is 0 Å². The Labute approximate surface area is 134 Å². The van der Waals surface area contributed by atoms with Gasteiger partial charge in [-0.05, 0) is 44.2 Å². The highest BCUT2D eigenvalue weighted by Gasteiger charge is 2.19. The maximum absolute atomic E-state index is 11.3. The summed E-state index contributed by atoms with van der Waals surface area (Å²) in [7, 11) is -4.29. The second-order valence-corrected chi connectivity index (χ2v) is 6.35. The standard InChI is InChI=1S/C16H13N3O3S/c1-11-6-13(14(9-17)10-18)7-12(2)19(11)15-4-3-5-16(8-15)23(20,21)22/h3-8H,1-2H3,(H,20,21,22). The number of nitrogens with zero attached hydrogens (tertiary/aromatic N) is 3. The molecule has 1 aromatic rings. The third-order valence-electron chi connectivity index (χ3n) is 3.32. The summed E-state index contributed by atoms with van der Waals surface area (Å²) in [5, 5.41) is 17.9. The van der Waals surface area contributed by atoms with Crippen LogP contribution in [-0.2, 0) is 10.1 Å². The molecule has 1 N–H and O–H groups in total. The van der Waals surface area contributed by atoms with E-state index < -0.39 is 10.1 Å². The lowest BCUT2D eigenvalue weighted by Crippen LogP contribution is -2.22. The van der Waals surface area contributed by atoms with Crippen LogP contribution in [0.1, 0.15) is 13.8 Å². The van der Waals surface area contributed by atoms with Crippen molar-refractivity contribution in [2.75, 3.05) is 4.90 Å². The van der Waals surface area contributed by atoms with E-state index in [4.69, 9.17) is 15.1 Å². The summed E-state index contributed by atoms with van der Waals surface area (Å²) in [5.41, 5.74) is 2.50. The highest BCUT2D eigenvalue weighted by atomic mass is 32.2. The average molecular weight is 327 g/mol. The molecule has 1 aliphatic heterocycles. The lowest BCUT2D eigenvalue weighted by atomic mass is 10.0. The molecule has 0 saturated carbocycles. The van der Waals surface area contributed by atoms with Gasteiger partial charge in [-0.2, -0.15) is 18.9 Å². The van der Waals surface area contributed by atoms with E-state index in [0.29, 0.717) is 11.3 Å². The van der Waals surface area contributed by atoms with Gasteiger partial charge in [-0.25, -0.2) is 0 Å². The Balaban J connectivity index is 2.55. The largest absolute Gasteiger partial charge is 0.318 e. The van der Waals surface area contributed by atoms with E-state index in [2.05, 4.69) is 0 Å². The summed E-state index contributed by atoms with van der Waals surface area (Å²) in [5.74, 6) is 0. The van der Waals surface area contributed by atoms with Crippen LogP contribution in [0.4, 0.5) is 5.69 Å². The van der Waals surface area contributed by atoms with Gasteiger partial charge in [-0.3, -0.25) is 4.55 Å². The van der Waals surface area contributed by atoms with Gasteiger partial charge in [-0.1, -0.05) is 6.07 Å². The number of hydrogen-bond acceptors (Lipinski definition) is 5. The second-order valence-electron chi connectivity index (χ2n) is 4.93. The minimum absolute atomic E-state index is 0.00929. The van der Waals surface area contributed by atoms with Crippen molar-refractivity contribution >= 4 is 15.8 Å². The first-order chi connectivity index (χ1) is 10.8. The van der Waals surface area contributed by atoms with Crippen molar-refractivity contribution in [2.24, 2.45) is 0 Å². The van der Waals surface area contributed by atoms with Crippen molar-refractivity contribution in [2.45, 2.75) is 18.7 Å². The second kappa shape index (κ2) is 6.09. The molecular formula is C16H13N3O3S. The van der Waals surface area contributed by atoms with Crippen LogP contribution in [-0.4, -0.2) is 13.0 Å². The van der Waals surface area contributed by atoms with Crippen LogP contribution in [0.3, 0.4) is 0 Å². The van der Waals surface area contributed by atoms with Crippen LogP contribution < -0.4 is 4.90 Å². The van der Waals surface area contributed by atoms with Crippen molar-refractivity contribution in [3.63, 3.8) is 0 Å². The van der Waals surface area contributed by atoms with Crippen molar-refractivity contribution in [1.29, 1.82) is 10.5 Å². The molecule has 0 aromatic heterocycles. The number of hydrogen-bond donors (Lipinski definition) is 1. The van der Waals surface area contributed by atoms with Gasteiger partial charge in [0.2, 0.25) is 0 Å². The molecule has 0 saturated heterocycles. The van der Waals surface area contributed by atoms with Crippen LogP contribution in [0.2, 0.25) is 0 Å². The molecule has 0 bridgehead atoms. The van der Waals surface area contributed by atoms with Gasteiger partial charge in [0.1, 0.15) is 17.7 Å². The highest BCUT2D eigenvalue weighted by molar-refractivity contribution is 7.85. The van der Waals surface area contributed by atoms with E-state index >= 15 is 0 Å². The van der Waals surface area contributed by atoms with Gasteiger partial charge >= 0.3 is 0 Å². The Morgan fingerprint density at radius 3 is 2.17 bits per heavy atom. The minimum Gasteiger partial charge on any atom is -0.318 e. The molecule has 116 valence electrons. The van der Waals surface area contributed by atoms with E-state index in [1.807, 2.05) is 12.1 Å². The molecule has 1 heterocycles. The zero-order valence-electron chi connectivity index (χ0n) is 12.5. The molecule has 0 aliphatic carbocycles. The van der Waals surface area contributed by atoms with Gasteiger partial charge < -0.3 is 4.90 Å². The smallest absolute Gasteiger partial charge is 0.294 e. The van der Waals surface area contributed by atoms with Gasteiger partial charge in [0, 0.05) is 22.7 Å². The summed E-state index contributed by atoms with van der Waals surface area (Å²) < 4.78 is 31.7. The molecule has 0 radical (unpaired) electrons. The molecule has 23 heavy (non-hydrogen) atoms. The number of anilines is 1. The fourth-order valence-electron chi connectivity index (χ4n) is 2.39. The van der Waals surface area contributed by atoms with Gasteiger partial charge in [0.25, 0.3) is 10.1 Å². The SMILES string of the molecule is CC1=CC(=C(C#N)C#N)C=C(C)N1c1cccc(S(=O)(=O)O)c1. The van der Waals surface area contributed by atoms with E-state index in [1.165, 1.54) is 18.2 Å². The van der Waals surface area contributed by atoms with Crippen molar-refractivity contribution in [3.05, 3.63) is 59.0 Å².